The Bertz CT molecular complexity index is 723. The predicted molar refractivity (Wildman–Crippen MR) is 76.8 cm³/mol. The lowest BCUT2D eigenvalue weighted by Crippen LogP contribution is -2.54. The van der Waals surface area contributed by atoms with Gasteiger partial charge in [-0.05, 0) is 29.3 Å². The first-order chi connectivity index (χ1) is 11.1. The standard InChI is InChI=1S/C17H12F6O/c18-14-8-4-7-13(11-14)15(24,16(19,20)17(21,22)23)10-9-12-5-2-1-3-6-12/h1-11,24H/b10-9+. The predicted octanol–water partition coefficient (Wildman–Crippen LogP) is 4.92. The van der Waals surface area contributed by atoms with Crippen LogP contribution in [0.4, 0.5) is 26.3 Å². The lowest BCUT2D eigenvalue weighted by Gasteiger charge is -2.35. The summed E-state index contributed by atoms with van der Waals surface area (Å²) in [6, 6.07) is 10.7. The van der Waals surface area contributed by atoms with Gasteiger partial charge in [0.15, 0.2) is 5.60 Å². The van der Waals surface area contributed by atoms with Crippen LogP contribution >= 0.6 is 0 Å². The lowest BCUT2D eigenvalue weighted by atomic mass is 9.85. The number of hydrogen-bond donors (Lipinski definition) is 1. The van der Waals surface area contributed by atoms with Crippen molar-refractivity contribution >= 4 is 6.08 Å². The van der Waals surface area contributed by atoms with Crippen LogP contribution in [0, 0.1) is 5.82 Å². The molecule has 1 atom stereocenters. The van der Waals surface area contributed by atoms with E-state index < -0.39 is 29.1 Å². The minimum absolute atomic E-state index is 0.297. The van der Waals surface area contributed by atoms with E-state index in [1.807, 2.05) is 0 Å². The van der Waals surface area contributed by atoms with Gasteiger partial charge in [-0.1, -0.05) is 48.5 Å². The molecule has 0 saturated heterocycles. The highest BCUT2D eigenvalue weighted by atomic mass is 19.4. The van der Waals surface area contributed by atoms with E-state index in [2.05, 4.69) is 0 Å². The second-order valence-corrected chi connectivity index (χ2v) is 5.09. The number of halogens is 6. The van der Waals surface area contributed by atoms with Crippen LogP contribution in [0.25, 0.3) is 6.08 Å². The van der Waals surface area contributed by atoms with Gasteiger partial charge in [-0.3, -0.25) is 0 Å². The molecule has 7 heteroatoms. The van der Waals surface area contributed by atoms with Crippen molar-refractivity contribution < 1.29 is 31.4 Å². The smallest absolute Gasteiger partial charge is 0.375 e. The summed E-state index contributed by atoms with van der Waals surface area (Å²) < 4.78 is 79.6. The van der Waals surface area contributed by atoms with E-state index in [0.29, 0.717) is 17.7 Å². The van der Waals surface area contributed by atoms with E-state index in [-0.39, 0.29) is 0 Å². The molecule has 1 N–H and O–H groups in total. The first-order valence-corrected chi connectivity index (χ1v) is 6.75. The topological polar surface area (TPSA) is 20.2 Å². The van der Waals surface area contributed by atoms with Crippen LogP contribution in [0.2, 0.25) is 0 Å². The molecule has 2 rings (SSSR count). The summed E-state index contributed by atoms with van der Waals surface area (Å²) in [4.78, 5) is 0. The molecule has 0 saturated carbocycles. The summed E-state index contributed by atoms with van der Waals surface area (Å²) in [5, 5.41) is 10.2. The average molecular weight is 346 g/mol. The summed E-state index contributed by atoms with van der Waals surface area (Å²) in [7, 11) is 0. The van der Waals surface area contributed by atoms with Crippen LogP contribution in [-0.4, -0.2) is 17.2 Å². The quantitative estimate of drug-likeness (QED) is 0.779. The number of rotatable bonds is 4. The van der Waals surface area contributed by atoms with Crippen LogP contribution in [0.3, 0.4) is 0 Å². The highest BCUT2D eigenvalue weighted by Crippen LogP contribution is 2.49. The van der Waals surface area contributed by atoms with Crippen molar-refractivity contribution in [2.45, 2.75) is 17.7 Å². The van der Waals surface area contributed by atoms with Crippen molar-refractivity contribution in [2.24, 2.45) is 0 Å². The number of hydrogen-bond acceptors (Lipinski definition) is 1. The highest BCUT2D eigenvalue weighted by molar-refractivity contribution is 5.52. The van der Waals surface area contributed by atoms with Crippen molar-refractivity contribution in [1.82, 2.24) is 0 Å². The van der Waals surface area contributed by atoms with Gasteiger partial charge in [-0.25, -0.2) is 4.39 Å². The maximum atomic E-state index is 14.0. The van der Waals surface area contributed by atoms with Crippen LogP contribution in [0.1, 0.15) is 11.1 Å². The Morgan fingerprint density at radius 2 is 1.46 bits per heavy atom. The number of benzene rings is 2. The Morgan fingerprint density at radius 3 is 2.00 bits per heavy atom. The van der Waals surface area contributed by atoms with Crippen LogP contribution < -0.4 is 0 Å². The first kappa shape index (κ1) is 18.1. The molecule has 0 radical (unpaired) electrons. The molecule has 0 bridgehead atoms. The third kappa shape index (κ3) is 3.31. The molecular formula is C17H12F6O. The van der Waals surface area contributed by atoms with E-state index in [1.165, 1.54) is 12.1 Å². The fraction of sp³-hybridized carbons (Fsp3) is 0.176. The Labute approximate surface area is 133 Å². The molecule has 0 spiro atoms. The molecule has 0 fully saturated rings. The minimum Gasteiger partial charge on any atom is -0.375 e. The second-order valence-electron chi connectivity index (χ2n) is 5.09. The van der Waals surface area contributed by atoms with Gasteiger partial charge >= 0.3 is 12.1 Å². The molecule has 0 aliphatic rings. The SMILES string of the molecule is OC(/C=C/c1ccccc1)(c1cccc(F)c1)C(F)(F)C(F)(F)F. The van der Waals surface area contributed by atoms with Gasteiger partial charge in [0.25, 0.3) is 0 Å². The van der Waals surface area contributed by atoms with Crippen molar-refractivity contribution in [1.29, 1.82) is 0 Å². The molecular weight excluding hydrogens is 334 g/mol. The molecule has 0 aliphatic carbocycles. The third-order valence-electron chi connectivity index (χ3n) is 3.42. The molecule has 0 heterocycles. The molecule has 2 aromatic rings. The van der Waals surface area contributed by atoms with Gasteiger partial charge in [0.05, 0.1) is 0 Å². The summed E-state index contributed by atoms with van der Waals surface area (Å²) in [6.45, 7) is 0. The van der Waals surface area contributed by atoms with Crippen molar-refractivity contribution in [3.8, 4) is 0 Å². The van der Waals surface area contributed by atoms with E-state index in [4.69, 9.17) is 0 Å². The molecule has 0 amide bonds. The summed E-state index contributed by atoms with van der Waals surface area (Å²) in [6.07, 6.45) is -4.79. The molecule has 24 heavy (non-hydrogen) atoms. The molecule has 2 aromatic carbocycles. The van der Waals surface area contributed by atoms with E-state index in [1.54, 1.807) is 18.2 Å². The van der Waals surface area contributed by atoms with Gasteiger partial charge in [-0.15, -0.1) is 0 Å². The second kappa shape index (κ2) is 6.32. The van der Waals surface area contributed by atoms with Crippen molar-refractivity contribution in [2.75, 3.05) is 0 Å². The van der Waals surface area contributed by atoms with Crippen LogP contribution in [0.15, 0.2) is 60.7 Å². The normalized spacial score (nSPS) is 15.5. The van der Waals surface area contributed by atoms with E-state index in [0.717, 1.165) is 24.3 Å². The summed E-state index contributed by atoms with van der Waals surface area (Å²) in [5.74, 6) is -6.57. The lowest BCUT2D eigenvalue weighted by molar-refractivity contribution is -0.334. The fourth-order valence-corrected chi connectivity index (χ4v) is 2.10. The van der Waals surface area contributed by atoms with Gasteiger partial charge in [0.2, 0.25) is 0 Å². The summed E-state index contributed by atoms with van der Waals surface area (Å²) in [5.41, 5.74) is -4.37. The molecule has 1 unspecified atom stereocenters. The molecule has 1 nitrogen and oxygen atoms in total. The zero-order valence-electron chi connectivity index (χ0n) is 12.1. The van der Waals surface area contributed by atoms with E-state index in [9.17, 15) is 31.4 Å². The van der Waals surface area contributed by atoms with E-state index >= 15 is 0 Å². The summed E-state index contributed by atoms with van der Waals surface area (Å²) >= 11 is 0. The zero-order valence-corrected chi connectivity index (χ0v) is 12.1. The fourth-order valence-electron chi connectivity index (χ4n) is 2.10. The Balaban J connectivity index is 2.59. The van der Waals surface area contributed by atoms with Gasteiger partial charge < -0.3 is 5.11 Å². The maximum absolute atomic E-state index is 14.0. The van der Waals surface area contributed by atoms with Gasteiger partial charge in [-0.2, -0.15) is 22.0 Å². The largest absolute Gasteiger partial charge is 0.457 e. The van der Waals surface area contributed by atoms with Crippen LogP contribution in [0.5, 0.6) is 0 Å². The average Bonchev–Trinajstić information content (AvgIpc) is 2.52. The first-order valence-electron chi connectivity index (χ1n) is 6.75. The Hall–Kier alpha value is -2.28. The van der Waals surface area contributed by atoms with Gasteiger partial charge in [0.1, 0.15) is 5.82 Å². The molecule has 0 aliphatic heterocycles. The van der Waals surface area contributed by atoms with Crippen molar-refractivity contribution in [3.05, 3.63) is 77.6 Å². The highest BCUT2D eigenvalue weighted by Gasteiger charge is 2.69. The maximum Gasteiger partial charge on any atom is 0.457 e. The zero-order chi connectivity index (χ0) is 18.0. The Morgan fingerprint density at radius 1 is 0.833 bits per heavy atom. The van der Waals surface area contributed by atoms with Crippen LogP contribution in [-0.2, 0) is 5.60 Å². The third-order valence-corrected chi connectivity index (χ3v) is 3.42. The number of alkyl halides is 5. The molecule has 0 aromatic heterocycles. The number of aliphatic hydroxyl groups is 1. The monoisotopic (exact) mass is 346 g/mol. The van der Waals surface area contributed by atoms with Crippen molar-refractivity contribution in [3.63, 3.8) is 0 Å². The Kier molecular flexibility index (Phi) is 4.75. The van der Waals surface area contributed by atoms with Gasteiger partial charge in [0, 0.05) is 0 Å². The molecule has 128 valence electrons. The minimum atomic E-state index is -6.03.